The number of halogens is 1. The summed E-state index contributed by atoms with van der Waals surface area (Å²) >= 11 is 3.57. The lowest BCUT2D eigenvalue weighted by atomic mass is 9.97. The highest BCUT2D eigenvalue weighted by Crippen LogP contribution is 2.29. The molecule has 2 unspecified atom stereocenters. The Morgan fingerprint density at radius 1 is 1.44 bits per heavy atom. The number of hydrogen-bond donors (Lipinski definition) is 1. The molecule has 1 fully saturated rings. The summed E-state index contributed by atoms with van der Waals surface area (Å²) in [6.45, 7) is 4.65. The van der Waals surface area contributed by atoms with Crippen molar-refractivity contribution in [3.05, 3.63) is 34.3 Å². The number of rotatable bonds is 4. The van der Waals surface area contributed by atoms with Gasteiger partial charge in [0.15, 0.2) is 0 Å². The highest BCUT2D eigenvalue weighted by Gasteiger charge is 2.26. The quantitative estimate of drug-likeness (QED) is 0.914. The van der Waals surface area contributed by atoms with Crippen LogP contribution in [-0.2, 0) is 0 Å². The first-order valence-corrected chi connectivity index (χ1v) is 7.67. The molecule has 0 radical (unpaired) electrons. The zero-order valence-corrected chi connectivity index (χ0v) is 12.9. The average Bonchev–Trinajstić information content (AvgIpc) is 2.39. The van der Waals surface area contributed by atoms with Gasteiger partial charge in [0.1, 0.15) is 0 Å². The van der Waals surface area contributed by atoms with Crippen LogP contribution in [0.15, 0.2) is 28.7 Å². The predicted octanol–water partition coefficient (Wildman–Crippen LogP) is 3.58. The summed E-state index contributed by atoms with van der Waals surface area (Å²) in [6, 6.07) is 9.89. The Morgan fingerprint density at radius 3 is 3.00 bits per heavy atom. The molecule has 1 saturated heterocycles. The van der Waals surface area contributed by atoms with Gasteiger partial charge >= 0.3 is 0 Å². The van der Waals surface area contributed by atoms with E-state index in [1.54, 1.807) is 0 Å². The number of hydrogen-bond acceptors (Lipinski definition) is 2. The van der Waals surface area contributed by atoms with Crippen molar-refractivity contribution in [1.29, 1.82) is 0 Å². The number of likely N-dealkylation sites (tertiary alicyclic amines) is 1. The van der Waals surface area contributed by atoms with E-state index < -0.39 is 0 Å². The molecule has 1 aromatic carbocycles. The first-order valence-electron chi connectivity index (χ1n) is 6.88. The molecule has 0 bridgehead atoms. The Kier molecular flexibility index (Phi) is 5.22. The third kappa shape index (κ3) is 3.34. The van der Waals surface area contributed by atoms with Gasteiger partial charge in [0.05, 0.1) is 0 Å². The fraction of sp³-hybridized carbons (Fsp3) is 0.600. The molecule has 3 heteroatoms. The van der Waals surface area contributed by atoms with Crippen molar-refractivity contribution in [1.82, 2.24) is 10.2 Å². The molecule has 2 rings (SSSR count). The van der Waals surface area contributed by atoms with E-state index in [1.165, 1.54) is 35.8 Å². The second-order valence-corrected chi connectivity index (χ2v) is 6.09. The summed E-state index contributed by atoms with van der Waals surface area (Å²) in [4.78, 5) is 2.65. The molecule has 2 nitrogen and oxygen atoms in total. The topological polar surface area (TPSA) is 15.3 Å². The van der Waals surface area contributed by atoms with Gasteiger partial charge < -0.3 is 5.32 Å². The molecule has 0 aromatic heterocycles. The first-order chi connectivity index (χ1) is 8.72. The highest BCUT2D eigenvalue weighted by molar-refractivity contribution is 9.10. The van der Waals surface area contributed by atoms with Crippen LogP contribution >= 0.6 is 15.9 Å². The number of benzene rings is 1. The standard InChI is InChI=1S/C15H23BrN2/c1-12(13-6-5-7-14(16)10-13)18-9-4-3-8-15(18)11-17-2/h5-7,10,12,15,17H,3-4,8-9,11H2,1-2H3. The second-order valence-electron chi connectivity index (χ2n) is 5.18. The largest absolute Gasteiger partial charge is 0.318 e. The summed E-state index contributed by atoms with van der Waals surface area (Å²) in [5.74, 6) is 0. The van der Waals surface area contributed by atoms with Crippen LogP contribution in [-0.4, -0.2) is 31.1 Å². The zero-order valence-electron chi connectivity index (χ0n) is 11.3. The molecule has 1 aromatic rings. The van der Waals surface area contributed by atoms with E-state index in [1.807, 2.05) is 0 Å². The molecule has 1 heterocycles. The minimum Gasteiger partial charge on any atom is -0.318 e. The minimum atomic E-state index is 0.501. The number of nitrogens with one attached hydrogen (secondary N) is 1. The van der Waals surface area contributed by atoms with E-state index in [-0.39, 0.29) is 0 Å². The molecule has 0 amide bonds. The molecular formula is C15H23BrN2. The molecular weight excluding hydrogens is 288 g/mol. The fourth-order valence-corrected chi connectivity index (χ4v) is 3.36. The van der Waals surface area contributed by atoms with Crippen molar-refractivity contribution in [2.75, 3.05) is 20.1 Å². The average molecular weight is 311 g/mol. The molecule has 0 spiro atoms. The maximum Gasteiger partial charge on any atom is 0.0323 e. The maximum absolute atomic E-state index is 3.57. The molecule has 1 aliphatic rings. The van der Waals surface area contributed by atoms with E-state index in [0.29, 0.717) is 12.1 Å². The third-order valence-electron chi connectivity index (χ3n) is 3.94. The van der Waals surface area contributed by atoms with Gasteiger partial charge in [-0.15, -0.1) is 0 Å². The normalized spacial score (nSPS) is 22.9. The van der Waals surface area contributed by atoms with Gasteiger partial charge in [0.25, 0.3) is 0 Å². The van der Waals surface area contributed by atoms with Crippen molar-refractivity contribution in [3.63, 3.8) is 0 Å². The van der Waals surface area contributed by atoms with Gasteiger partial charge in [-0.25, -0.2) is 0 Å². The van der Waals surface area contributed by atoms with Crippen molar-refractivity contribution >= 4 is 15.9 Å². The lowest BCUT2D eigenvalue weighted by Gasteiger charge is -2.40. The summed E-state index contributed by atoms with van der Waals surface area (Å²) in [5.41, 5.74) is 1.41. The van der Waals surface area contributed by atoms with Gasteiger partial charge in [0, 0.05) is 23.1 Å². The van der Waals surface area contributed by atoms with Crippen molar-refractivity contribution in [2.45, 2.75) is 38.3 Å². The third-order valence-corrected chi connectivity index (χ3v) is 4.43. The van der Waals surface area contributed by atoms with Gasteiger partial charge in [-0.05, 0) is 51.1 Å². The number of likely N-dealkylation sites (N-methyl/N-ethyl adjacent to an activating group) is 1. The van der Waals surface area contributed by atoms with Crippen LogP contribution in [0.3, 0.4) is 0 Å². The van der Waals surface area contributed by atoms with E-state index >= 15 is 0 Å². The zero-order chi connectivity index (χ0) is 13.0. The lowest BCUT2D eigenvalue weighted by molar-refractivity contribution is 0.103. The van der Waals surface area contributed by atoms with Gasteiger partial charge in [-0.3, -0.25) is 4.90 Å². The predicted molar refractivity (Wildman–Crippen MR) is 80.8 cm³/mol. The summed E-state index contributed by atoms with van der Waals surface area (Å²) in [6.07, 6.45) is 4.02. The fourth-order valence-electron chi connectivity index (χ4n) is 2.95. The van der Waals surface area contributed by atoms with Gasteiger partial charge in [0.2, 0.25) is 0 Å². The molecule has 2 atom stereocenters. The Labute approximate surface area is 119 Å². The SMILES string of the molecule is CNCC1CCCCN1C(C)c1cccc(Br)c1. The minimum absolute atomic E-state index is 0.501. The summed E-state index contributed by atoms with van der Waals surface area (Å²) < 4.78 is 1.18. The monoisotopic (exact) mass is 310 g/mol. The van der Waals surface area contributed by atoms with Crippen LogP contribution < -0.4 is 5.32 Å². The first kappa shape index (κ1) is 14.0. The van der Waals surface area contributed by atoms with Crippen LogP contribution in [0.25, 0.3) is 0 Å². The smallest absolute Gasteiger partial charge is 0.0323 e. The molecule has 100 valence electrons. The Bertz CT molecular complexity index is 379. The van der Waals surface area contributed by atoms with Crippen molar-refractivity contribution in [2.24, 2.45) is 0 Å². The van der Waals surface area contributed by atoms with Crippen molar-refractivity contribution in [3.8, 4) is 0 Å². The second kappa shape index (κ2) is 6.69. The molecule has 18 heavy (non-hydrogen) atoms. The molecule has 1 aliphatic heterocycles. The number of nitrogens with zero attached hydrogens (tertiary/aromatic N) is 1. The Morgan fingerprint density at radius 2 is 2.28 bits per heavy atom. The molecule has 1 N–H and O–H groups in total. The number of piperidine rings is 1. The summed E-state index contributed by atoms with van der Waals surface area (Å²) in [7, 11) is 2.05. The van der Waals surface area contributed by atoms with Crippen LogP contribution in [0.1, 0.15) is 37.8 Å². The van der Waals surface area contributed by atoms with Gasteiger partial charge in [-0.2, -0.15) is 0 Å². The van der Waals surface area contributed by atoms with E-state index in [2.05, 4.69) is 64.4 Å². The van der Waals surface area contributed by atoms with E-state index in [4.69, 9.17) is 0 Å². The summed E-state index contributed by atoms with van der Waals surface area (Å²) in [5, 5.41) is 3.33. The Hall–Kier alpha value is -0.380. The van der Waals surface area contributed by atoms with Crippen LogP contribution in [0.5, 0.6) is 0 Å². The molecule has 0 saturated carbocycles. The molecule has 0 aliphatic carbocycles. The highest BCUT2D eigenvalue weighted by atomic mass is 79.9. The van der Waals surface area contributed by atoms with Crippen molar-refractivity contribution < 1.29 is 0 Å². The van der Waals surface area contributed by atoms with Gasteiger partial charge in [-0.1, -0.05) is 34.5 Å². The maximum atomic E-state index is 3.57. The van der Waals surface area contributed by atoms with Crippen LogP contribution in [0.4, 0.5) is 0 Å². The van der Waals surface area contributed by atoms with E-state index in [9.17, 15) is 0 Å². The van der Waals surface area contributed by atoms with E-state index in [0.717, 1.165) is 6.54 Å². The van der Waals surface area contributed by atoms with Crippen LogP contribution in [0.2, 0.25) is 0 Å². The Balaban J connectivity index is 2.12. The van der Waals surface area contributed by atoms with Crippen LogP contribution in [0, 0.1) is 0 Å². The lowest BCUT2D eigenvalue weighted by Crippen LogP contribution is -2.45.